The first-order valence-electron chi connectivity index (χ1n) is 8.98. The molecule has 1 heterocycles. The number of ether oxygens (including phenoxy) is 1. The summed E-state index contributed by atoms with van der Waals surface area (Å²) < 4.78 is 46.2. The minimum atomic E-state index is -4.07. The zero-order chi connectivity index (χ0) is 21.7. The number of halogens is 1. The number of primary amides is 1. The van der Waals surface area contributed by atoms with E-state index < -0.39 is 32.6 Å². The van der Waals surface area contributed by atoms with Crippen LogP contribution in [0.3, 0.4) is 0 Å². The van der Waals surface area contributed by atoms with E-state index in [1.807, 2.05) is 0 Å². The second-order valence-corrected chi connectivity index (χ2v) is 9.29. The Morgan fingerprint density at radius 3 is 2.57 bits per heavy atom. The second-order valence-electron chi connectivity index (χ2n) is 6.37. The minimum Gasteiger partial charge on any atom is -0.379 e. The van der Waals surface area contributed by atoms with E-state index in [2.05, 4.69) is 5.32 Å². The number of hydrogen-bond donors (Lipinski definition) is 2. The summed E-state index contributed by atoms with van der Waals surface area (Å²) in [7, 11) is -4.07. The molecule has 11 heteroatoms. The number of amides is 2. The molecule has 0 aromatic heterocycles. The summed E-state index contributed by atoms with van der Waals surface area (Å²) in [4.78, 5) is 23.8. The number of nitrogens with one attached hydrogen (secondary N) is 1. The Balaban J connectivity index is 1.84. The standard InChI is InChI=1S/C19H20FN3O5S2/c20-15-6-5-13(11-17(15)30(26,27)23-7-9-28-10-8-23)22-19(25)14-3-1-2-4-16(14)29-12-18(21)24/h1-6,11H,7-10,12H2,(H2,21,24)(H,22,25). The summed E-state index contributed by atoms with van der Waals surface area (Å²) >= 11 is 1.11. The second kappa shape index (κ2) is 9.56. The lowest BCUT2D eigenvalue weighted by molar-refractivity contribution is -0.115. The summed E-state index contributed by atoms with van der Waals surface area (Å²) in [6.07, 6.45) is 0. The van der Waals surface area contributed by atoms with E-state index >= 15 is 0 Å². The number of carbonyl (C=O) groups is 2. The first-order valence-corrected chi connectivity index (χ1v) is 11.4. The summed E-state index contributed by atoms with van der Waals surface area (Å²) in [6, 6.07) is 9.97. The van der Waals surface area contributed by atoms with Gasteiger partial charge in [0, 0.05) is 23.7 Å². The molecule has 1 fully saturated rings. The Hall–Kier alpha value is -2.47. The smallest absolute Gasteiger partial charge is 0.256 e. The molecule has 1 aliphatic rings. The van der Waals surface area contributed by atoms with Gasteiger partial charge in [0.05, 0.1) is 24.5 Å². The van der Waals surface area contributed by atoms with E-state index in [4.69, 9.17) is 10.5 Å². The molecular weight excluding hydrogens is 433 g/mol. The number of benzene rings is 2. The molecule has 2 aromatic rings. The van der Waals surface area contributed by atoms with Crippen molar-refractivity contribution in [3.8, 4) is 0 Å². The van der Waals surface area contributed by atoms with Crippen LogP contribution in [0, 0.1) is 5.82 Å². The minimum absolute atomic E-state index is 0.00276. The van der Waals surface area contributed by atoms with E-state index in [1.165, 1.54) is 6.07 Å². The van der Waals surface area contributed by atoms with Gasteiger partial charge < -0.3 is 15.8 Å². The molecule has 0 saturated carbocycles. The summed E-state index contributed by atoms with van der Waals surface area (Å²) in [5.74, 6) is -1.95. The van der Waals surface area contributed by atoms with E-state index in [0.29, 0.717) is 4.90 Å². The summed E-state index contributed by atoms with van der Waals surface area (Å²) in [5, 5.41) is 2.59. The van der Waals surface area contributed by atoms with E-state index in [1.54, 1.807) is 24.3 Å². The van der Waals surface area contributed by atoms with Crippen molar-refractivity contribution in [3.63, 3.8) is 0 Å². The van der Waals surface area contributed by atoms with Gasteiger partial charge >= 0.3 is 0 Å². The number of nitrogens with two attached hydrogens (primary N) is 1. The molecular formula is C19H20FN3O5S2. The molecule has 0 radical (unpaired) electrons. The van der Waals surface area contributed by atoms with Gasteiger partial charge in [-0.3, -0.25) is 9.59 Å². The normalized spacial score (nSPS) is 15.0. The maximum absolute atomic E-state index is 14.3. The topological polar surface area (TPSA) is 119 Å². The average molecular weight is 454 g/mol. The zero-order valence-corrected chi connectivity index (χ0v) is 17.5. The molecule has 160 valence electrons. The van der Waals surface area contributed by atoms with E-state index in [-0.39, 0.29) is 43.3 Å². The number of nitrogens with zero attached hydrogens (tertiary/aromatic N) is 1. The highest BCUT2D eigenvalue weighted by Crippen LogP contribution is 2.26. The third-order valence-corrected chi connectivity index (χ3v) is 7.29. The lowest BCUT2D eigenvalue weighted by atomic mass is 10.2. The fourth-order valence-corrected chi connectivity index (χ4v) is 5.12. The molecule has 1 aliphatic heterocycles. The fraction of sp³-hybridized carbons (Fsp3) is 0.263. The number of carbonyl (C=O) groups excluding carboxylic acids is 2. The Labute approximate surface area is 177 Å². The third kappa shape index (κ3) is 5.17. The monoisotopic (exact) mass is 453 g/mol. The molecule has 0 aliphatic carbocycles. The summed E-state index contributed by atoms with van der Waals surface area (Å²) in [5.41, 5.74) is 5.57. The highest BCUT2D eigenvalue weighted by atomic mass is 32.2. The third-order valence-electron chi connectivity index (χ3n) is 4.28. The highest BCUT2D eigenvalue weighted by Gasteiger charge is 2.29. The number of morpholine rings is 1. The van der Waals surface area contributed by atoms with Crippen molar-refractivity contribution in [3.05, 3.63) is 53.8 Å². The van der Waals surface area contributed by atoms with Crippen LogP contribution in [0.2, 0.25) is 0 Å². The largest absolute Gasteiger partial charge is 0.379 e. The van der Waals surface area contributed by atoms with Crippen molar-refractivity contribution in [2.75, 3.05) is 37.4 Å². The Bertz CT molecular complexity index is 1060. The molecule has 1 saturated heterocycles. The molecule has 2 aromatic carbocycles. The maximum Gasteiger partial charge on any atom is 0.256 e. The molecule has 0 unspecified atom stereocenters. The summed E-state index contributed by atoms with van der Waals surface area (Å²) in [6.45, 7) is 0.722. The molecule has 30 heavy (non-hydrogen) atoms. The van der Waals surface area contributed by atoms with E-state index in [9.17, 15) is 22.4 Å². The Morgan fingerprint density at radius 1 is 1.17 bits per heavy atom. The van der Waals surface area contributed by atoms with Crippen molar-refractivity contribution in [2.24, 2.45) is 5.73 Å². The van der Waals surface area contributed by atoms with Crippen molar-refractivity contribution in [1.29, 1.82) is 0 Å². The van der Waals surface area contributed by atoms with Crippen LogP contribution in [-0.4, -0.2) is 56.6 Å². The van der Waals surface area contributed by atoms with Gasteiger partial charge in [-0.05, 0) is 30.3 Å². The van der Waals surface area contributed by atoms with Crippen molar-refractivity contribution < 1.29 is 27.1 Å². The first-order chi connectivity index (χ1) is 14.3. The van der Waals surface area contributed by atoms with Gasteiger partial charge in [0.1, 0.15) is 10.7 Å². The van der Waals surface area contributed by atoms with Gasteiger partial charge in [-0.2, -0.15) is 4.31 Å². The predicted molar refractivity (Wildman–Crippen MR) is 110 cm³/mol. The van der Waals surface area contributed by atoms with E-state index in [0.717, 1.165) is 28.2 Å². The van der Waals surface area contributed by atoms with Crippen LogP contribution in [0.4, 0.5) is 10.1 Å². The van der Waals surface area contributed by atoms with Crippen LogP contribution in [-0.2, 0) is 19.6 Å². The van der Waals surface area contributed by atoms with Crippen molar-refractivity contribution in [2.45, 2.75) is 9.79 Å². The highest BCUT2D eigenvalue weighted by molar-refractivity contribution is 8.00. The SMILES string of the molecule is NC(=O)CSc1ccccc1C(=O)Nc1ccc(F)c(S(=O)(=O)N2CCOCC2)c1. The van der Waals surface area contributed by atoms with Gasteiger partial charge in [0.2, 0.25) is 15.9 Å². The lowest BCUT2D eigenvalue weighted by Crippen LogP contribution is -2.40. The Kier molecular flexibility index (Phi) is 7.08. The molecule has 3 rings (SSSR count). The zero-order valence-electron chi connectivity index (χ0n) is 15.8. The van der Waals surface area contributed by atoms with Gasteiger partial charge in [-0.15, -0.1) is 11.8 Å². The van der Waals surface area contributed by atoms with Gasteiger partial charge in [0.25, 0.3) is 5.91 Å². The quantitative estimate of drug-likeness (QED) is 0.616. The van der Waals surface area contributed by atoms with Crippen molar-refractivity contribution in [1.82, 2.24) is 4.31 Å². The molecule has 8 nitrogen and oxygen atoms in total. The number of hydrogen-bond acceptors (Lipinski definition) is 6. The number of anilines is 1. The molecule has 2 amide bonds. The van der Waals surface area contributed by atoms with Crippen LogP contribution >= 0.6 is 11.8 Å². The maximum atomic E-state index is 14.3. The van der Waals surface area contributed by atoms with Crippen LogP contribution < -0.4 is 11.1 Å². The van der Waals surface area contributed by atoms with Gasteiger partial charge in [-0.25, -0.2) is 12.8 Å². The van der Waals surface area contributed by atoms with Gasteiger partial charge in [0.15, 0.2) is 0 Å². The number of thioether (sulfide) groups is 1. The van der Waals surface area contributed by atoms with Crippen molar-refractivity contribution >= 4 is 39.3 Å². The molecule has 3 N–H and O–H groups in total. The number of rotatable bonds is 7. The lowest BCUT2D eigenvalue weighted by Gasteiger charge is -2.26. The number of sulfonamides is 1. The fourth-order valence-electron chi connectivity index (χ4n) is 2.83. The van der Waals surface area contributed by atoms with Crippen LogP contribution in [0.1, 0.15) is 10.4 Å². The van der Waals surface area contributed by atoms with Crippen LogP contribution in [0.15, 0.2) is 52.3 Å². The van der Waals surface area contributed by atoms with Crippen LogP contribution in [0.25, 0.3) is 0 Å². The van der Waals surface area contributed by atoms with Gasteiger partial charge in [-0.1, -0.05) is 12.1 Å². The predicted octanol–water partition coefficient (Wildman–Crippen LogP) is 1.68. The molecule has 0 bridgehead atoms. The van der Waals surface area contributed by atoms with Crippen LogP contribution in [0.5, 0.6) is 0 Å². The Morgan fingerprint density at radius 2 is 1.87 bits per heavy atom. The first kappa shape index (κ1) is 22.2. The average Bonchev–Trinajstić information content (AvgIpc) is 2.74. The molecule has 0 spiro atoms. The molecule has 0 atom stereocenters.